The Morgan fingerprint density at radius 1 is 1.27 bits per heavy atom. The Morgan fingerprint density at radius 3 is 2.46 bits per heavy atom. The van der Waals surface area contributed by atoms with Crippen molar-refractivity contribution >= 4 is 28.3 Å². The summed E-state index contributed by atoms with van der Waals surface area (Å²) in [6.45, 7) is 4.79. The Balaban J connectivity index is 2.32. The van der Waals surface area contributed by atoms with Gasteiger partial charge in [0, 0.05) is 6.92 Å². The van der Waals surface area contributed by atoms with E-state index in [1.165, 1.54) is 6.92 Å². The number of halogens is 4. The summed E-state index contributed by atoms with van der Waals surface area (Å²) in [5.74, 6) is -2.89. The monoisotopic (exact) mass is 390 g/mol. The first-order valence-electron chi connectivity index (χ1n) is 7.36. The molecule has 0 aliphatic rings. The van der Waals surface area contributed by atoms with Crippen LogP contribution in [0.3, 0.4) is 0 Å². The zero-order valence-electron chi connectivity index (χ0n) is 13.9. The van der Waals surface area contributed by atoms with Gasteiger partial charge in [-0.1, -0.05) is 25.2 Å². The number of rotatable bonds is 4. The second-order valence-corrected chi connectivity index (χ2v) is 6.61. The third-order valence-electron chi connectivity index (χ3n) is 3.14. The first-order valence-corrected chi connectivity index (χ1v) is 8.18. The van der Waals surface area contributed by atoms with Crippen molar-refractivity contribution in [1.82, 2.24) is 4.98 Å². The van der Waals surface area contributed by atoms with Gasteiger partial charge in [-0.25, -0.2) is 4.39 Å². The number of nitrogens with zero attached hydrogens (tertiary/aromatic N) is 1. The van der Waals surface area contributed by atoms with Gasteiger partial charge in [0.05, 0.1) is 16.0 Å². The van der Waals surface area contributed by atoms with E-state index in [9.17, 15) is 27.2 Å². The quantitative estimate of drug-likeness (QED) is 0.612. The molecule has 1 aromatic heterocycles. The summed E-state index contributed by atoms with van der Waals surface area (Å²) in [5.41, 5.74) is -1.91. The van der Waals surface area contributed by atoms with Gasteiger partial charge in [-0.3, -0.25) is 14.9 Å². The number of carbonyl (C=O) groups is 2. The van der Waals surface area contributed by atoms with E-state index in [0.29, 0.717) is 23.1 Å². The minimum atomic E-state index is -4.71. The first kappa shape index (κ1) is 19.8. The van der Waals surface area contributed by atoms with E-state index in [0.717, 1.165) is 11.3 Å². The molecule has 0 unspecified atom stereocenters. The maximum atomic E-state index is 13.8. The lowest BCUT2D eigenvalue weighted by Crippen LogP contribution is -2.16. The smallest absolute Gasteiger partial charge is 0.406 e. The van der Waals surface area contributed by atoms with Crippen LogP contribution in [0.5, 0.6) is 5.88 Å². The Kier molecular flexibility index (Phi) is 5.65. The molecule has 0 saturated carbocycles. The van der Waals surface area contributed by atoms with Crippen molar-refractivity contribution in [3.05, 3.63) is 40.0 Å². The van der Waals surface area contributed by atoms with Gasteiger partial charge in [0.2, 0.25) is 5.88 Å². The Morgan fingerprint density at radius 2 is 1.92 bits per heavy atom. The Hall–Kier alpha value is -2.49. The third kappa shape index (κ3) is 4.57. The maximum absolute atomic E-state index is 13.8. The van der Waals surface area contributed by atoms with E-state index < -0.39 is 35.0 Å². The van der Waals surface area contributed by atoms with Crippen LogP contribution in [0.4, 0.5) is 22.7 Å². The van der Waals surface area contributed by atoms with Gasteiger partial charge in [0.25, 0.3) is 5.91 Å². The topological polar surface area (TPSA) is 68.3 Å². The highest BCUT2D eigenvalue weighted by atomic mass is 32.1. The lowest BCUT2D eigenvalue weighted by atomic mass is 10.1. The number of hydrogen-bond acceptors (Lipinski definition) is 5. The number of amides is 1. The van der Waals surface area contributed by atoms with Crippen molar-refractivity contribution in [3.63, 3.8) is 0 Å². The highest BCUT2D eigenvalue weighted by Gasteiger charge is 2.32. The number of alkyl halides is 3. The third-order valence-corrected chi connectivity index (χ3v) is 4.40. The number of hydrogen-bond donors (Lipinski definition) is 1. The van der Waals surface area contributed by atoms with Crippen molar-refractivity contribution in [2.24, 2.45) is 0 Å². The first-order chi connectivity index (χ1) is 12.0. The van der Waals surface area contributed by atoms with E-state index >= 15 is 0 Å². The van der Waals surface area contributed by atoms with E-state index in [2.05, 4.69) is 10.3 Å². The van der Waals surface area contributed by atoms with Crippen LogP contribution in [0.1, 0.15) is 47.5 Å². The van der Waals surface area contributed by atoms with Crippen molar-refractivity contribution in [3.8, 4) is 5.88 Å². The van der Waals surface area contributed by atoms with Crippen molar-refractivity contribution in [1.29, 1.82) is 0 Å². The molecule has 1 heterocycles. The number of benzene rings is 1. The predicted molar refractivity (Wildman–Crippen MR) is 86.9 cm³/mol. The second kappa shape index (κ2) is 7.40. The van der Waals surface area contributed by atoms with E-state index in [1.54, 1.807) is 13.8 Å². The molecule has 0 fully saturated rings. The number of anilines is 1. The summed E-state index contributed by atoms with van der Waals surface area (Å²) in [4.78, 5) is 27.8. The van der Waals surface area contributed by atoms with Gasteiger partial charge in [-0.2, -0.15) is 18.2 Å². The molecule has 10 heteroatoms. The molecule has 0 bridgehead atoms. The molecule has 0 aliphatic carbocycles. The van der Waals surface area contributed by atoms with Gasteiger partial charge in [-0.05, 0) is 24.1 Å². The highest BCUT2D eigenvalue weighted by Crippen LogP contribution is 2.35. The molecule has 5 nitrogen and oxygen atoms in total. The minimum absolute atomic E-state index is 0.00249. The fraction of sp³-hybridized carbons (Fsp3) is 0.312. The second-order valence-electron chi connectivity index (χ2n) is 5.58. The van der Waals surface area contributed by atoms with Crippen LogP contribution in [0.2, 0.25) is 0 Å². The average Bonchev–Trinajstić information content (AvgIpc) is 2.88. The van der Waals surface area contributed by atoms with Gasteiger partial charge >= 0.3 is 12.1 Å². The molecule has 0 aliphatic heterocycles. The van der Waals surface area contributed by atoms with E-state index in [4.69, 9.17) is 4.74 Å². The molecular formula is C16H14F4N2O3S. The van der Waals surface area contributed by atoms with Crippen molar-refractivity contribution in [2.75, 3.05) is 5.32 Å². The van der Waals surface area contributed by atoms with Crippen LogP contribution in [0, 0.1) is 5.82 Å². The summed E-state index contributed by atoms with van der Waals surface area (Å²) in [6, 6.07) is 1.54. The number of nitrogens with one attached hydrogen (secondary N) is 1. The van der Waals surface area contributed by atoms with Gasteiger partial charge in [0.1, 0.15) is 5.82 Å². The fourth-order valence-corrected chi connectivity index (χ4v) is 2.88. The number of esters is 1. The molecule has 0 atom stereocenters. The molecule has 0 radical (unpaired) electrons. The van der Waals surface area contributed by atoms with Gasteiger partial charge in [0.15, 0.2) is 5.13 Å². The Bertz CT molecular complexity index is 847. The number of carbonyl (C=O) groups excluding carboxylic acids is 2. The normalized spacial score (nSPS) is 11.5. The molecule has 26 heavy (non-hydrogen) atoms. The fourth-order valence-electron chi connectivity index (χ4n) is 1.99. The van der Waals surface area contributed by atoms with Crippen molar-refractivity contribution in [2.45, 2.75) is 32.9 Å². The molecule has 2 rings (SSSR count). The predicted octanol–water partition coefficient (Wildman–Crippen LogP) is 4.60. The lowest BCUT2D eigenvalue weighted by Gasteiger charge is -2.09. The number of thiazole rings is 1. The van der Waals surface area contributed by atoms with E-state index in [-0.39, 0.29) is 16.9 Å². The molecule has 2 aromatic rings. The zero-order chi connectivity index (χ0) is 19.6. The molecule has 0 saturated heterocycles. The number of ether oxygens (including phenoxy) is 1. The van der Waals surface area contributed by atoms with Crippen LogP contribution in [0.25, 0.3) is 0 Å². The molecule has 1 N–H and O–H groups in total. The summed E-state index contributed by atoms with van der Waals surface area (Å²) in [7, 11) is 0. The Labute approximate surface area is 150 Å². The van der Waals surface area contributed by atoms with E-state index in [1.807, 2.05) is 0 Å². The SMILES string of the molecule is CC(=O)Oc1nc(NC(=O)c2cc(C(F)(F)F)ccc2F)sc1C(C)C. The molecule has 140 valence electrons. The van der Waals surface area contributed by atoms with Crippen LogP contribution >= 0.6 is 11.3 Å². The summed E-state index contributed by atoms with van der Waals surface area (Å²) < 4.78 is 57.0. The van der Waals surface area contributed by atoms with Crippen LogP contribution in [-0.2, 0) is 11.0 Å². The summed E-state index contributed by atoms with van der Waals surface area (Å²) >= 11 is 0.983. The van der Waals surface area contributed by atoms with Crippen LogP contribution in [0.15, 0.2) is 18.2 Å². The lowest BCUT2D eigenvalue weighted by molar-refractivity contribution is -0.137. The zero-order valence-corrected chi connectivity index (χ0v) is 14.7. The standard InChI is InChI=1S/C16H14F4N2O3S/c1-7(2)12-14(25-8(3)23)22-15(26-12)21-13(24)10-6-9(16(18,19)20)4-5-11(10)17/h4-7H,1-3H3,(H,21,22,24). The minimum Gasteiger partial charge on any atom is -0.406 e. The summed E-state index contributed by atoms with van der Waals surface area (Å²) in [6.07, 6.45) is -4.71. The average molecular weight is 390 g/mol. The molecule has 1 amide bonds. The highest BCUT2D eigenvalue weighted by molar-refractivity contribution is 7.16. The van der Waals surface area contributed by atoms with Crippen LogP contribution < -0.4 is 10.1 Å². The number of aromatic nitrogens is 1. The molecular weight excluding hydrogens is 376 g/mol. The van der Waals surface area contributed by atoms with Crippen LogP contribution in [-0.4, -0.2) is 16.9 Å². The van der Waals surface area contributed by atoms with Crippen molar-refractivity contribution < 1.29 is 31.9 Å². The molecule has 1 aromatic carbocycles. The van der Waals surface area contributed by atoms with Gasteiger partial charge < -0.3 is 4.74 Å². The molecule has 0 spiro atoms. The largest absolute Gasteiger partial charge is 0.416 e. The summed E-state index contributed by atoms with van der Waals surface area (Å²) in [5, 5.41) is 2.21. The van der Waals surface area contributed by atoms with Gasteiger partial charge in [-0.15, -0.1) is 0 Å². The maximum Gasteiger partial charge on any atom is 0.416 e.